The molecule has 1 N–H and O–H groups in total. The van der Waals surface area contributed by atoms with Gasteiger partial charge in [0.1, 0.15) is 11.9 Å². The largest absolute Gasteiger partial charge is 0.483 e. The van der Waals surface area contributed by atoms with Crippen LogP contribution in [0.1, 0.15) is 35.6 Å². The second-order valence-electron chi connectivity index (χ2n) is 11.0. The number of hydrogen-bond acceptors (Lipinski definition) is 3. The molecule has 40 heavy (non-hydrogen) atoms. The maximum atomic E-state index is 6.71. The number of aromatic nitrogens is 2. The molecule has 3 atom stereocenters. The average Bonchev–Trinajstić information content (AvgIpc) is 3.53. The number of benzene rings is 3. The zero-order valence-electron chi connectivity index (χ0n) is 22.5. The van der Waals surface area contributed by atoms with Crippen molar-refractivity contribution in [1.29, 1.82) is 0 Å². The molecule has 0 saturated carbocycles. The Morgan fingerprint density at radius 2 is 1.77 bits per heavy atom. The molecule has 3 aliphatic rings. The molecule has 0 spiro atoms. The predicted octanol–water partition coefficient (Wildman–Crippen LogP) is 8.23. The van der Waals surface area contributed by atoms with Crippen molar-refractivity contribution in [2.24, 2.45) is 0 Å². The number of nitrogens with zero attached hydrogens (tertiary/aromatic N) is 2. The highest BCUT2D eigenvalue weighted by Gasteiger charge is 2.35. The highest BCUT2D eigenvalue weighted by molar-refractivity contribution is 6.12. The van der Waals surface area contributed by atoms with Crippen LogP contribution in [0.2, 0.25) is 0 Å². The molecule has 4 nitrogen and oxygen atoms in total. The third kappa shape index (κ3) is 3.42. The molecule has 3 unspecified atom stereocenters. The van der Waals surface area contributed by atoms with E-state index in [-0.39, 0.29) is 18.1 Å². The molecule has 2 aliphatic heterocycles. The third-order valence-corrected chi connectivity index (χ3v) is 8.51. The third-order valence-electron chi connectivity index (χ3n) is 8.51. The van der Waals surface area contributed by atoms with Gasteiger partial charge >= 0.3 is 0 Å². The van der Waals surface area contributed by atoms with E-state index in [1.165, 1.54) is 33.0 Å². The summed E-state index contributed by atoms with van der Waals surface area (Å²) in [5, 5.41) is 6.01. The summed E-state index contributed by atoms with van der Waals surface area (Å²) in [6, 6.07) is 24.3. The van der Waals surface area contributed by atoms with Crippen LogP contribution in [0.5, 0.6) is 5.75 Å². The number of fused-ring (bicyclic) bond motifs is 7. The first-order valence-electron chi connectivity index (χ1n) is 13.9. The summed E-state index contributed by atoms with van der Waals surface area (Å²) in [6.07, 6.45) is 16.8. The lowest BCUT2D eigenvalue weighted by Crippen LogP contribution is -2.19. The van der Waals surface area contributed by atoms with Crippen LogP contribution in [0.15, 0.2) is 121 Å². The molecule has 5 aromatic rings. The Morgan fingerprint density at radius 3 is 2.67 bits per heavy atom. The lowest BCUT2D eigenvalue weighted by Gasteiger charge is -2.24. The van der Waals surface area contributed by atoms with Gasteiger partial charge in [0.25, 0.3) is 0 Å². The Hall–Kier alpha value is -4.83. The summed E-state index contributed by atoms with van der Waals surface area (Å²) in [5.41, 5.74) is 10.4. The lowest BCUT2D eigenvalue weighted by atomic mass is 9.91. The van der Waals surface area contributed by atoms with Gasteiger partial charge in [-0.3, -0.25) is 4.98 Å². The fraction of sp³-hybridized carbons (Fsp3) is 0.139. The van der Waals surface area contributed by atoms with Gasteiger partial charge in [-0.05, 0) is 79.2 Å². The molecule has 1 aliphatic carbocycles. The van der Waals surface area contributed by atoms with Gasteiger partial charge in [-0.1, -0.05) is 60.7 Å². The van der Waals surface area contributed by atoms with Gasteiger partial charge in [0.15, 0.2) is 0 Å². The smallest absolute Gasteiger partial charge is 0.148 e. The van der Waals surface area contributed by atoms with Crippen LogP contribution in [0.4, 0.5) is 0 Å². The molecule has 0 saturated heterocycles. The van der Waals surface area contributed by atoms with Gasteiger partial charge in [-0.25, -0.2) is 0 Å². The highest BCUT2D eigenvalue weighted by Crippen LogP contribution is 2.48. The van der Waals surface area contributed by atoms with Crippen LogP contribution >= 0.6 is 0 Å². The summed E-state index contributed by atoms with van der Waals surface area (Å²) in [7, 11) is 0. The normalized spacial score (nSPS) is 20.8. The van der Waals surface area contributed by atoms with Crippen LogP contribution in [0.25, 0.3) is 38.8 Å². The van der Waals surface area contributed by atoms with Crippen molar-refractivity contribution in [2.45, 2.75) is 31.9 Å². The zero-order valence-corrected chi connectivity index (χ0v) is 22.5. The highest BCUT2D eigenvalue weighted by atomic mass is 16.5. The molecule has 0 radical (unpaired) electrons. The van der Waals surface area contributed by atoms with Crippen molar-refractivity contribution >= 4 is 21.8 Å². The Balaban J connectivity index is 1.44. The molecular formula is C36H29N3O. The van der Waals surface area contributed by atoms with E-state index in [0.717, 1.165) is 33.8 Å². The van der Waals surface area contributed by atoms with Gasteiger partial charge in [0, 0.05) is 39.7 Å². The summed E-state index contributed by atoms with van der Waals surface area (Å²) >= 11 is 0. The maximum Gasteiger partial charge on any atom is 0.148 e. The summed E-state index contributed by atoms with van der Waals surface area (Å²) in [5.74, 6) is 1.22. The lowest BCUT2D eigenvalue weighted by molar-refractivity contribution is 0.271. The first kappa shape index (κ1) is 23.1. The SMILES string of the molecule is CC1=CC=CNC1c1cc(-c2ncccc2C)cc(-n2c3ccccc3c3ccc4c(c32)OC2C=CC=CC42)c1. The van der Waals surface area contributed by atoms with E-state index in [4.69, 9.17) is 9.72 Å². The van der Waals surface area contributed by atoms with Gasteiger partial charge in [-0.2, -0.15) is 0 Å². The summed E-state index contributed by atoms with van der Waals surface area (Å²) in [6.45, 7) is 4.31. The first-order valence-corrected chi connectivity index (χ1v) is 13.9. The second-order valence-corrected chi connectivity index (χ2v) is 11.0. The van der Waals surface area contributed by atoms with E-state index in [0.29, 0.717) is 0 Å². The fourth-order valence-corrected chi connectivity index (χ4v) is 6.61. The van der Waals surface area contributed by atoms with Crippen molar-refractivity contribution in [1.82, 2.24) is 14.9 Å². The Kier molecular flexibility index (Phi) is 5.11. The quantitative estimate of drug-likeness (QED) is 0.261. The molecule has 2 aromatic heterocycles. The Morgan fingerprint density at radius 1 is 0.875 bits per heavy atom. The maximum absolute atomic E-state index is 6.71. The predicted molar refractivity (Wildman–Crippen MR) is 163 cm³/mol. The first-order chi connectivity index (χ1) is 19.7. The van der Waals surface area contributed by atoms with Crippen molar-refractivity contribution < 1.29 is 4.74 Å². The van der Waals surface area contributed by atoms with E-state index in [2.05, 4.69) is 121 Å². The van der Waals surface area contributed by atoms with Crippen molar-refractivity contribution in [3.63, 3.8) is 0 Å². The number of hydrogen-bond donors (Lipinski definition) is 1. The number of dihydropyridines is 1. The number of para-hydroxylation sites is 1. The zero-order chi connectivity index (χ0) is 26.8. The number of rotatable bonds is 3. The minimum absolute atomic E-state index is 0.0288. The molecule has 194 valence electrons. The monoisotopic (exact) mass is 519 g/mol. The number of pyridine rings is 1. The van der Waals surface area contributed by atoms with E-state index >= 15 is 0 Å². The van der Waals surface area contributed by atoms with Gasteiger partial charge in [0.05, 0.1) is 22.8 Å². The minimum Gasteiger partial charge on any atom is -0.483 e. The van der Waals surface area contributed by atoms with Crippen LogP contribution in [0, 0.1) is 6.92 Å². The van der Waals surface area contributed by atoms with Crippen molar-refractivity contribution in [2.75, 3.05) is 0 Å². The summed E-state index contributed by atoms with van der Waals surface area (Å²) < 4.78 is 9.11. The molecule has 4 heteroatoms. The number of ether oxygens (including phenoxy) is 1. The van der Waals surface area contributed by atoms with Crippen LogP contribution in [0.3, 0.4) is 0 Å². The Labute approximate surface area is 233 Å². The van der Waals surface area contributed by atoms with Crippen molar-refractivity contribution in [3.05, 3.63) is 138 Å². The topological polar surface area (TPSA) is 39.1 Å². The standard InChI is InChI=1S/C36H29N3O/c1-22-9-7-17-37-33(22)24-19-25(34-23(2)10-8-18-38-34)21-26(20-24)39-31-13-5-3-11-27(31)29-15-16-30-28-12-4-6-14-32(28)40-36(30)35(29)39/h3-21,28,32-33,37H,1-2H3. The molecule has 0 fully saturated rings. The van der Waals surface area contributed by atoms with Crippen LogP contribution < -0.4 is 10.1 Å². The minimum atomic E-state index is 0.0288. The second kappa shape index (κ2) is 8.85. The molecule has 3 aromatic carbocycles. The van der Waals surface area contributed by atoms with E-state index < -0.39 is 0 Å². The average molecular weight is 520 g/mol. The van der Waals surface area contributed by atoms with Crippen LogP contribution in [-0.4, -0.2) is 15.7 Å². The van der Waals surface area contributed by atoms with Crippen molar-refractivity contribution in [3.8, 4) is 22.7 Å². The number of nitrogens with one attached hydrogen (secondary N) is 1. The number of aryl methyl sites for hydroxylation is 1. The Bertz CT molecular complexity index is 1950. The van der Waals surface area contributed by atoms with Gasteiger partial charge in [0.2, 0.25) is 0 Å². The van der Waals surface area contributed by atoms with Gasteiger partial charge < -0.3 is 14.6 Å². The summed E-state index contributed by atoms with van der Waals surface area (Å²) in [4.78, 5) is 4.81. The van der Waals surface area contributed by atoms with E-state index in [1.807, 2.05) is 18.5 Å². The molecule has 0 amide bonds. The molecular weight excluding hydrogens is 490 g/mol. The van der Waals surface area contributed by atoms with Gasteiger partial charge in [-0.15, -0.1) is 0 Å². The molecule has 4 heterocycles. The molecule has 0 bridgehead atoms. The fourth-order valence-electron chi connectivity index (χ4n) is 6.61. The van der Waals surface area contributed by atoms with E-state index in [9.17, 15) is 0 Å². The molecule has 8 rings (SSSR count). The number of allylic oxidation sites excluding steroid dienone is 4. The van der Waals surface area contributed by atoms with Crippen LogP contribution in [-0.2, 0) is 0 Å². The van der Waals surface area contributed by atoms with E-state index in [1.54, 1.807) is 0 Å².